The molecule has 0 saturated carbocycles. The Morgan fingerprint density at radius 2 is 2.09 bits per heavy atom. The van der Waals surface area contributed by atoms with E-state index in [4.69, 9.17) is 14.2 Å². The Morgan fingerprint density at radius 3 is 2.97 bits per heavy atom. The van der Waals surface area contributed by atoms with Crippen molar-refractivity contribution in [3.63, 3.8) is 0 Å². The number of hydrazone groups is 1. The highest BCUT2D eigenvalue weighted by atomic mass is 32.2. The predicted molar refractivity (Wildman–Crippen MR) is 119 cm³/mol. The van der Waals surface area contributed by atoms with Crippen molar-refractivity contribution in [2.75, 3.05) is 29.9 Å². The quantitative estimate of drug-likeness (QED) is 0.710. The van der Waals surface area contributed by atoms with Crippen LogP contribution in [0.25, 0.3) is 0 Å². The third-order valence-corrected chi connectivity index (χ3v) is 5.93. The van der Waals surface area contributed by atoms with Crippen LogP contribution in [-0.4, -0.2) is 47.7 Å². The minimum atomic E-state index is -0.690. The molecule has 0 radical (unpaired) electrons. The number of amidine groups is 1. The number of anilines is 2. The summed E-state index contributed by atoms with van der Waals surface area (Å²) in [5.74, 6) is 1.55. The van der Waals surface area contributed by atoms with E-state index in [9.17, 15) is 9.59 Å². The van der Waals surface area contributed by atoms with Crippen molar-refractivity contribution in [3.8, 4) is 17.2 Å². The van der Waals surface area contributed by atoms with Gasteiger partial charge in [-0.15, -0.1) is 0 Å². The fourth-order valence-electron chi connectivity index (χ4n) is 3.45. The molecular formula is C21H19N5O5S. The molecular weight excluding hydrogens is 434 g/mol. The highest BCUT2D eigenvalue weighted by Crippen LogP contribution is 2.34. The first-order chi connectivity index (χ1) is 15.6. The molecule has 2 aromatic rings. The van der Waals surface area contributed by atoms with Crippen LogP contribution in [-0.2, 0) is 9.59 Å². The van der Waals surface area contributed by atoms with Crippen LogP contribution in [0.15, 0.2) is 60.0 Å². The molecule has 0 aromatic heterocycles. The van der Waals surface area contributed by atoms with Crippen LogP contribution in [0.4, 0.5) is 11.4 Å². The number of rotatable bonds is 5. The molecule has 0 fully saturated rings. The van der Waals surface area contributed by atoms with Gasteiger partial charge in [0.25, 0.3) is 5.91 Å². The molecule has 164 valence electrons. The number of carbonyl (C=O) groups is 2. The van der Waals surface area contributed by atoms with Crippen molar-refractivity contribution < 1.29 is 23.8 Å². The smallest absolute Gasteiger partial charge is 0.276 e. The summed E-state index contributed by atoms with van der Waals surface area (Å²) in [5.41, 5.74) is 4.10. The molecule has 1 atom stereocenters. The van der Waals surface area contributed by atoms with Crippen LogP contribution in [0.2, 0.25) is 0 Å². The first-order valence-electron chi connectivity index (χ1n) is 9.72. The molecule has 0 spiro atoms. The molecule has 2 N–H and O–H groups in total. The Morgan fingerprint density at radius 1 is 1.25 bits per heavy atom. The fourth-order valence-corrected chi connectivity index (χ4v) is 4.22. The maximum Gasteiger partial charge on any atom is 0.276 e. The van der Waals surface area contributed by atoms with Crippen LogP contribution in [0.1, 0.15) is 0 Å². The monoisotopic (exact) mass is 453 g/mol. The van der Waals surface area contributed by atoms with Gasteiger partial charge in [0.1, 0.15) is 5.75 Å². The number of hydrogen-bond donors (Lipinski definition) is 2. The van der Waals surface area contributed by atoms with Crippen molar-refractivity contribution in [1.29, 1.82) is 0 Å². The molecule has 2 amide bonds. The Bertz CT molecular complexity index is 1140. The van der Waals surface area contributed by atoms with Gasteiger partial charge in [0.15, 0.2) is 16.7 Å². The lowest BCUT2D eigenvalue weighted by atomic mass is 10.2. The largest absolute Gasteiger partial charge is 0.495 e. The lowest BCUT2D eigenvalue weighted by Crippen LogP contribution is -2.52. The normalized spacial score (nSPS) is 18.2. The zero-order valence-corrected chi connectivity index (χ0v) is 17.8. The van der Waals surface area contributed by atoms with Crippen molar-refractivity contribution >= 4 is 40.1 Å². The summed E-state index contributed by atoms with van der Waals surface area (Å²) >= 11 is 1.23. The van der Waals surface area contributed by atoms with E-state index < -0.39 is 6.17 Å². The van der Waals surface area contributed by atoms with Gasteiger partial charge in [-0.25, -0.2) is 0 Å². The summed E-state index contributed by atoms with van der Waals surface area (Å²) in [6, 6.07) is 12.5. The van der Waals surface area contributed by atoms with E-state index in [2.05, 4.69) is 15.8 Å². The number of hydrogen-bond acceptors (Lipinski definition) is 9. The molecule has 0 bridgehead atoms. The molecule has 3 heterocycles. The molecule has 2 aromatic carbocycles. The van der Waals surface area contributed by atoms with Crippen LogP contribution in [0.5, 0.6) is 17.2 Å². The van der Waals surface area contributed by atoms with Gasteiger partial charge in [0.2, 0.25) is 18.9 Å². The summed E-state index contributed by atoms with van der Waals surface area (Å²) in [7, 11) is 1.56. The van der Waals surface area contributed by atoms with Gasteiger partial charge < -0.3 is 19.5 Å². The number of ether oxygens (including phenoxy) is 3. The minimum Gasteiger partial charge on any atom is -0.495 e. The average Bonchev–Trinajstić information content (AvgIpc) is 3.45. The number of methoxy groups -OCH3 is 1. The molecule has 11 heteroatoms. The zero-order chi connectivity index (χ0) is 22.1. The summed E-state index contributed by atoms with van der Waals surface area (Å²) in [6.45, 7) is 0.174. The first kappa shape index (κ1) is 20.1. The SMILES string of the molecule is COc1ccccc1N1C=CN2C(SCC(=O)Nc3ccc4c(c3)OCO4)=NNC2C1=O. The topological polar surface area (TPSA) is 105 Å². The number of fused-ring (bicyclic) bond motifs is 2. The van der Waals surface area contributed by atoms with Crippen molar-refractivity contribution in [1.82, 2.24) is 10.3 Å². The molecule has 0 saturated heterocycles. The van der Waals surface area contributed by atoms with Gasteiger partial charge in [0, 0.05) is 24.2 Å². The molecule has 1 unspecified atom stereocenters. The number of para-hydroxylation sites is 2. The Balaban J connectivity index is 1.21. The van der Waals surface area contributed by atoms with Gasteiger partial charge >= 0.3 is 0 Å². The Hall–Kier alpha value is -3.86. The number of amides is 2. The van der Waals surface area contributed by atoms with E-state index in [0.29, 0.717) is 33.8 Å². The fraction of sp³-hybridized carbons (Fsp3) is 0.190. The lowest BCUT2D eigenvalue weighted by Gasteiger charge is -2.32. The second-order valence-electron chi connectivity index (χ2n) is 6.92. The molecule has 32 heavy (non-hydrogen) atoms. The maximum absolute atomic E-state index is 13.0. The minimum absolute atomic E-state index is 0.121. The average molecular weight is 453 g/mol. The van der Waals surface area contributed by atoms with Crippen LogP contribution in [0, 0.1) is 0 Å². The Kier molecular flexibility index (Phi) is 5.23. The zero-order valence-electron chi connectivity index (χ0n) is 17.0. The lowest BCUT2D eigenvalue weighted by molar-refractivity contribution is -0.122. The molecule has 0 aliphatic carbocycles. The number of nitrogens with one attached hydrogen (secondary N) is 2. The van der Waals surface area contributed by atoms with Gasteiger partial charge in [-0.3, -0.25) is 24.8 Å². The second kappa shape index (κ2) is 8.35. The summed E-state index contributed by atoms with van der Waals surface area (Å²) in [4.78, 5) is 28.6. The van der Waals surface area contributed by atoms with Crippen LogP contribution < -0.4 is 29.9 Å². The molecule has 3 aliphatic heterocycles. The highest BCUT2D eigenvalue weighted by Gasteiger charge is 2.39. The van der Waals surface area contributed by atoms with Gasteiger partial charge in [-0.05, 0) is 24.3 Å². The van der Waals surface area contributed by atoms with E-state index in [1.807, 2.05) is 18.2 Å². The maximum atomic E-state index is 13.0. The number of carbonyl (C=O) groups excluding carboxylic acids is 2. The highest BCUT2D eigenvalue weighted by molar-refractivity contribution is 8.14. The van der Waals surface area contributed by atoms with Crippen molar-refractivity contribution in [2.24, 2.45) is 5.10 Å². The van der Waals surface area contributed by atoms with Gasteiger partial charge in [0.05, 0.1) is 18.6 Å². The van der Waals surface area contributed by atoms with E-state index in [-0.39, 0.29) is 24.4 Å². The van der Waals surface area contributed by atoms with Crippen molar-refractivity contribution in [3.05, 3.63) is 54.9 Å². The Labute approximate surface area is 187 Å². The van der Waals surface area contributed by atoms with Gasteiger partial charge in [-0.1, -0.05) is 23.9 Å². The molecule has 3 aliphatic rings. The second-order valence-corrected chi connectivity index (χ2v) is 7.86. The summed E-state index contributed by atoms with van der Waals surface area (Å²) < 4.78 is 16.0. The van der Waals surface area contributed by atoms with E-state index >= 15 is 0 Å². The molecule has 5 rings (SSSR count). The first-order valence-corrected chi connectivity index (χ1v) is 10.7. The summed E-state index contributed by atoms with van der Waals surface area (Å²) in [5, 5.41) is 7.59. The third-order valence-electron chi connectivity index (χ3n) is 4.96. The van der Waals surface area contributed by atoms with Crippen LogP contribution in [0.3, 0.4) is 0 Å². The number of thioether (sulfide) groups is 1. The standard InChI is InChI=1S/C21H19N5O5S/c1-29-15-5-3-2-4-14(15)25-8-9-26-19(20(25)28)23-24-21(26)32-11-18(27)22-13-6-7-16-17(10-13)31-12-30-16/h2-10,19,23H,11-12H2,1H3,(H,22,27). The molecule has 10 nitrogen and oxygen atoms in total. The van der Waals surface area contributed by atoms with E-state index in [1.54, 1.807) is 48.7 Å². The predicted octanol–water partition coefficient (Wildman–Crippen LogP) is 2.12. The summed E-state index contributed by atoms with van der Waals surface area (Å²) in [6.07, 6.45) is 2.72. The van der Waals surface area contributed by atoms with E-state index in [1.165, 1.54) is 16.7 Å². The van der Waals surface area contributed by atoms with Crippen molar-refractivity contribution in [2.45, 2.75) is 6.17 Å². The van der Waals surface area contributed by atoms with Crippen LogP contribution >= 0.6 is 11.8 Å². The number of nitrogens with zero attached hydrogens (tertiary/aromatic N) is 3. The third kappa shape index (κ3) is 3.66. The number of benzene rings is 2. The van der Waals surface area contributed by atoms with E-state index in [0.717, 1.165) is 0 Å². The van der Waals surface area contributed by atoms with Gasteiger partial charge in [-0.2, -0.15) is 5.10 Å².